The fourth-order valence-electron chi connectivity index (χ4n) is 3.36. The van der Waals surface area contributed by atoms with E-state index in [2.05, 4.69) is 15.1 Å². The van der Waals surface area contributed by atoms with E-state index >= 15 is 0 Å². The number of methoxy groups -OCH3 is 2. The van der Waals surface area contributed by atoms with Crippen molar-refractivity contribution in [1.29, 1.82) is 0 Å². The molecule has 1 amide bonds. The van der Waals surface area contributed by atoms with E-state index in [0.29, 0.717) is 30.0 Å². The van der Waals surface area contributed by atoms with Gasteiger partial charge in [-0.15, -0.1) is 10.2 Å². The van der Waals surface area contributed by atoms with Crippen molar-refractivity contribution >= 4 is 23.4 Å². The van der Waals surface area contributed by atoms with E-state index < -0.39 is 0 Å². The maximum atomic E-state index is 12.6. The number of hydrogen-bond acceptors (Lipinski definition) is 8. The van der Waals surface area contributed by atoms with Gasteiger partial charge in [0.25, 0.3) is 5.22 Å². The van der Waals surface area contributed by atoms with Crippen molar-refractivity contribution in [2.75, 3.05) is 51.1 Å². The van der Waals surface area contributed by atoms with Crippen LogP contribution in [0.1, 0.15) is 0 Å². The van der Waals surface area contributed by atoms with E-state index in [4.69, 9.17) is 13.9 Å². The Labute approximate surface area is 185 Å². The molecule has 1 aliphatic rings. The van der Waals surface area contributed by atoms with E-state index in [1.165, 1.54) is 11.8 Å². The first-order valence-electron chi connectivity index (χ1n) is 9.94. The van der Waals surface area contributed by atoms with Crippen LogP contribution >= 0.6 is 11.8 Å². The lowest BCUT2D eigenvalue weighted by molar-refractivity contribution is -0.128. The minimum absolute atomic E-state index is 0.0699. The summed E-state index contributed by atoms with van der Waals surface area (Å²) in [5.74, 6) is 2.30. The highest BCUT2D eigenvalue weighted by molar-refractivity contribution is 7.99. The molecule has 0 bridgehead atoms. The fraction of sp³-hybridized carbons (Fsp3) is 0.318. The highest BCUT2D eigenvalue weighted by atomic mass is 32.2. The van der Waals surface area contributed by atoms with Gasteiger partial charge in [0.05, 0.1) is 20.0 Å². The van der Waals surface area contributed by atoms with Crippen LogP contribution in [-0.2, 0) is 4.79 Å². The SMILES string of the molecule is COc1ccc(N2CCN(C(=O)CSc3nnc(-c4cccc(OC)c4)o3)CC2)cc1. The lowest BCUT2D eigenvalue weighted by Crippen LogP contribution is -2.49. The van der Waals surface area contributed by atoms with Crippen molar-refractivity contribution in [3.63, 3.8) is 0 Å². The molecule has 2 heterocycles. The Morgan fingerprint density at radius 3 is 2.45 bits per heavy atom. The molecule has 1 aromatic heterocycles. The van der Waals surface area contributed by atoms with Crippen LogP contribution in [0.4, 0.5) is 5.69 Å². The number of ether oxygens (including phenoxy) is 2. The molecule has 0 N–H and O–H groups in total. The van der Waals surface area contributed by atoms with Crippen LogP contribution < -0.4 is 14.4 Å². The van der Waals surface area contributed by atoms with Gasteiger partial charge in [-0.3, -0.25) is 4.79 Å². The Kier molecular flexibility index (Phi) is 6.61. The minimum atomic E-state index is 0.0699. The molecule has 8 nitrogen and oxygen atoms in total. The summed E-state index contributed by atoms with van der Waals surface area (Å²) >= 11 is 1.26. The summed E-state index contributed by atoms with van der Waals surface area (Å²) in [6, 6.07) is 15.4. The van der Waals surface area contributed by atoms with E-state index in [9.17, 15) is 4.79 Å². The van der Waals surface area contributed by atoms with Gasteiger partial charge in [0.2, 0.25) is 11.8 Å². The number of hydrogen-bond donors (Lipinski definition) is 0. The summed E-state index contributed by atoms with van der Waals surface area (Å²) in [6.07, 6.45) is 0. The quantitative estimate of drug-likeness (QED) is 0.518. The number of thioether (sulfide) groups is 1. The van der Waals surface area contributed by atoms with Crippen LogP contribution in [0.3, 0.4) is 0 Å². The maximum absolute atomic E-state index is 12.6. The van der Waals surface area contributed by atoms with Gasteiger partial charge >= 0.3 is 0 Å². The molecule has 0 spiro atoms. The number of carbonyl (C=O) groups excluding carboxylic acids is 1. The second-order valence-electron chi connectivity index (χ2n) is 6.96. The zero-order valence-corrected chi connectivity index (χ0v) is 18.3. The normalized spacial score (nSPS) is 13.9. The number of nitrogens with zero attached hydrogens (tertiary/aromatic N) is 4. The summed E-state index contributed by atoms with van der Waals surface area (Å²) in [7, 11) is 3.27. The standard InChI is InChI=1S/C22H24N4O4S/c1-28-18-8-6-17(7-9-18)25-10-12-26(13-11-25)20(27)15-31-22-24-23-21(30-22)16-4-3-5-19(14-16)29-2/h3-9,14H,10-13,15H2,1-2H3. The molecule has 9 heteroatoms. The van der Waals surface area contributed by atoms with Gasteiger partial charge in [0.15, 0.2) is 0 Å². The van der Waals surface area contributed by atoms with Crippen molar-refractivity contribution in [2.45, 2.75) is 5.22 Å². The van der Waals surface area contributed by atoms with Gasteiger partial charge in [0.1, 0.15) is 11.5 Å². The predicted molar refractivity (Wildman–Crippen MR) is 119 cm³/mol. The van der Waals surface area contributed by atoms with Crippen molar-refractivity contribution in [3.8, 4) is 23.0 Å². The highest BCUT2D eigenvalue weighted by Crippen LogP contribution is 2.26. The van der Waals surface area contributed by atoms with Crippen molar-refractivity contribution < 1.29 is 18.7 Å². The molecule has 1 fully saturated rings. The van der Waals surface area contributed by atoms with E-state index in [-0.39, 0.29) is 11.7 Å². The van der Waals surface area contributed by atoms with Crippen molar-refractivity contribution in [3.05, 3.63) is 48.5 Å². The minimum Gasteiger partial charge on any atom is -0.497 e. The van der Waals surface area contributed by atoms with E-state index in [1.54, 1.807) is 14.2 Å². The summed E-state index contributed by atoms with van der Waals surface area (Å²) in [5, 5.41) is 8.50. The van der Waals surface area contributed by atoms with Crippen LogP contribution in [0.25, 0.3) is 11.5 Å². The number of anilines is 1. The monoisotopic (exact) mass is 440 g/mol. The Hall–Kier alpha value is -3.20. The molecule has 1 aliphatic heterocycles. The molecule has 0 saturated carbocycles. The van der Waals surface area contributed by atoms with Gasteiger partial charge in [-0.05, 0) is 42.5 Å². The fourth-order valence-corrected chi connectivity index (χ4v) is 4.03. The first kappa shape index (κ1) is 21.0. The molecule has 0 unspecified atom stereocenters. The summed E-state index contributed by atoms with van der Waals surface area (Å²) in [5.41, 5.74) is 1.91. The summed E-state index contributed by atoms with van der Waals surface area (Å²) in [4.78, 5) is 16.8. The Morgan fingerprint density at radius 2 is 1.74 bits per heavy atom. The number of piperazine rings is 1. The number of benzene rings is 2. The maximum Gasteiger partial charge on any atom is 0.277 e. The third kappa shape index (κ3) is 5.11. The van der Waals surface area contributed by atoms with Gasteiger partial charge in [-0.2, -0.15) is 0 Å². The summed E-state index contributed by atoms with van der Waals surface area (Å²) in [6.45, 7) is 2.96. The average molecular weight is 441 g/mol. The number of carbonyl (C=O) groups is 1. The third-order valence-corrected chi connectivity index (χ3v) is 5.92. The first-order chi connectivity index (χ1) is 15.2. The van der Waals surface area contributed by atoms with E-state index in [0.717, 1.165) is 30.1 Å². The number of aromatic nitrogens is 2. The molecule has 0 atom stereocenters. The second kappa shape index (κ2) is 9.74. The van der Waals surface area contributed by atoms with Crippen molar-refractivity contribution in [1.82, 2.24) is 15.1 Å². The second-order valence-corrected chi connectivity index (χ2v) is 7.89. The molecule has 3 aromatic rings. The molecule has 162 valence electrons. The molecule has 2 aromatic carbocycles. The summed E-state index contributed by atoms with van der Waals surface area (Å²) < 4.78 is 16.1. The molecule has 4 rings (SSSR count). The molecular formula is C22H24N4O4S. The van der Waals surface area contributed by atoms with Gasteiger partial charge in [0, 0.05) is 37.4 Å². The van der Waals surface area contributed by atoms with Crippen LogP contribution in [0.5, 0.6) is 11.5 Å². The zero-order valence-electron chi connectivity index (χ0n) is 17.5. The van der Waals surface area contributed by atoms with Gasteiger partial charge < -0.3 is 23.7 Å². The molecule has 1 saturated heterocycles. The number of amides is 1. The van der Waals surface area contributed by atoms with Gasteiger partial charge in [-0.25, -0.2) is 0 Å². The highest BCUT2D eigenvalue weighted by Gasteiger charge is 2.22. The molecule has 0 aliphatic carbocycles. The largest absolute Gasteiger partial charge is 0.497 e. The Bertz CT molecular complexity index is 1020. The van der Waals surface area contributed by atoms with Crippen LogP contribution in [0.15, 0.2) is 58.2 Å². The Morgan fingerprint density at radius 1 is 1.00 bits per heavy atom. The van der Waals surface area contributed by atoms with E-state index in [1.807, 2.05) is 53.4 Å². The smallest absolute Gasteiger partial charge is 0.277 e. The van der Waals surface area contributed by atoms with Crippen LogP contribution in [0, 0.1) is 0 Å². The zero-order chi connectivity index (χ0) is 21.6. The molecule has 0 radical (unpaired) electrons. The number of rotatable bonds is 7. The molecule has 31 heavy (non-hydrogen) atoms. The Balaban J connectivity index is 1.27. The lowest BCUT2D eigenvalue weighted by Gasteiger charge is -2.36. The predicted octanol–water partition coefficient (Wildman–Crippen LogP) is 3.19. The first-order valence-corrected chi connectivity index (χ1v) is 10.9. The van der Waals surface area contributed by atoms with Crippen LogP contribution in [0.2, 0.25) is 0 Å². The van der Waals surface area contributed by atoms with Crippen molar-refractivity contribution in [2.24, 2.45) is 0 Å². The topological polar surface area (TPSA) is 80.9 Å². The van der Waals surface area contributed by atoms with Crippen LogP contribution in [-0.4, -0.2) is 67.2 Å². The third-order valence-electron chi connectivity index (χ3n) is 5.11. The average Bonchev–Trinajstić information content (AvgIpc) is 3.32. The molecular weight excluding hydrogens is 416 g/mol. The van der Waals surface area contributed by atoms with Gasteiger partial charge in [-0.1, -0.05) is 17.8 Å². The lowest BCUT2D eigenvalue weighted by atomic mass is 10.2.